The number of nitrogens with zero attached hydrogens (tertiary/aromatic N) is 1. The lowest BCUT2D eigenvalue weighted by Gasteiger charge is -2.40. The maximum absolute atomic E-state index is 2.35. The highest BCUT2D eigenvalue weighted by molar-refractivity contribution is 4.55. The molecule has 0 amide bonds. The van der Waals surface area contributed by atoms with E-state index < -0.39 is 0 Å². The first-order valence-electron chi connectivity index (χ1n) is 19.1. The van der Waals surface area contributed by atoms with E-state index in [-0.39, 0.29) is 0 Å². The first-order valence-corrected chi connectivity index (χ1v) is 19.1. The lowest BCUT2D eigenvalue weighted by atomic mass is 10.0. The van der Waals surface area contributed by atoms with Crippen LogP contribution in [0.25, 0.3) is 0 Å². The summed E-state index contributed by atoms with van der Waals surface area (Å²) in [5.41, 5.74) is 0. The quantitative estimate of drug-likeness (QED) is 0.0552. The highest BCUT2D eigenvalue weighted by Gasteiger charge is 2.25. The minimum absolute atomic E-state index is 1.37. The maximum Gasteiger partial charge on any atom is 0.0786 e. The Morgan fingerprint density at radius 3 is 0.538 bits per heavy atom. The predicted octanol–water partition coefficient (Wildman–Crippen LogP) is 13.6. The van der Waals surface area contributed by atoms with E-state index in [1.807, 2.05) is 0 Å². The van der Waals surface area contributed by atoms with Crippen molar-refractivity contribution in [1.82, 2.24) is 0 Å². The van der Waals surface area contributed by atoms with Crippen LogP contribution in [0.15, 0.2) is 0 Å². The Labute approximate surface area is 250 Å². The van der Waals surface area contributed by atoms with E-state index in [1.165, 1.54) is 223 Å². The van der Waals surface area contributed by atoms with Crippen molar-refractivity contribution in [3.05, 3.63) is 0 Å². The van der Waals surface area contributed by atoms with Crippen LogP contribution in [0.4, 0.5) is 0 Å². The molecule has 0 N–H and O–H groups in total. The average Bonchev–Trinajstić information content (AvgIpc) is 2.94. The average molecular weight is 551 g/mol. The zero-order chi connectivity index (χ0) is 28.5. The van der Waals surface area contributed by atoms with E-state index in [4.69, 9.17) is 0 Å². The summed E-state index contributed by atoms with van der Waals surface area (Å²) in [5, 5.41) is 0. The summed E-state index contributed by atoms with van der Waals surface area (Å²) in [7, 11) is 0. The van der Waals surface area contributed by atoms with E-state index in [2.05, 4.69) is 27.7 Å². The van der Waals surface area contributed by atoms with Gasteiger partial charge in [0.05, 0.1) is 26.2 Å². The Bertz CT molecular complexity index is 390. The molecule has 236 valence electrons. The molecular formula is C38H80N+. The number of hydrogen-bond donors (Lipinski definition) is 0. The van der Waals surface area contributed by atoms with Gasteiger partial charge in [-0.3, -0.25) is 0 Å². The van der Waals surface area contributed by atoms with Crippen LogP contribution in [0.2, 0.25) is 0 Å². The van der Waals surface area contributed by atoms with Crippen molar-refractivity contribution in [1.29, 1.82) is 0 Å². The zero-order valence-corrected chi connectivity index (χ0v) is 28.5. The topological polar surface area (TPSA) is 0 Å². The second kappa shape index (κ2) is 32.5. The van der Waals surface area contributed by atoms with Gasteiger partial charge in [0.25, 0.3) is 0 Å². The summed E-state index contributed by atoms with van der Waals surface area (Å²) in [4.78, 5) is 0. The molecule has 0 aliphatic carbocycles. The molecule has 1 heteroatoms. The van der Waals surface area contributed by atoms with Crippen LogP contribution in [0, 0.1) is 0 Å². The van der Waals surface area contributed by atoms with Gasteiger partial charge in [0.15, 0.2) is 0 Å². The SMILES string of the molecule is CCCCCCCCCCCC[N+](CCCCCCC)(CCCCCCC)CCCCCCCCCCCC. The second-order valence-corrected chi connectivity index (χ2v) is 13.4. The maximum atomic E-state index is 2.35. The fourth-order valence-corrected chi connectivity index (χ4v) is 6.64. The lowest BCUT2D eigenvalue weighted by Crippen LogP contribution is -2.50. The summed E-state index contributed by atoms with van der Waals surface area (Å²) in [5.74, 6) is 0. The Kier molecular flexibility index (Phi) is 32.4. The van der Waals surface area contributed by atoms with Crippen LogP contribution in [0.3, 0.4) is 0 Å². The summed E-state index contributed by atoms with van der Waals surface area (Å²) >= 11 is 0. The van der Waals surface area contributed by atoms with E-state index in [1.54, 1.807) is 0 Å². The smallest absolute Gasteiger partial charge is 0.0786 e. The molecule has 0 aromatic heterocycles. The first kappa shape index (κ1) is 39.0. The third kappa shape index (κ3) is 27.9. The van der Waals surface area contributed by atoms with E-state index in [0.29, 0.717) is 0 Å². The molecule has 0 fully saturated rings. The molecule has 0 saturated heterocycles. The third-order valence-corrected chi connectivity index (χ3v) is 9.44. The Morgan fingerprint density at radius 1 is 0.205 bits per heavy atom. The molecular weight excluding hydrogens is 470 g/mol. The van der Waals surface area contributed by atoms with Crippen molar-refractivity contribution in [2.45, 2.75) is 220 Å². The lowest BCUT2D eigenvalue weighted by molar-refractivity contribution is -0.929. The van der Waals surface area contributed by atoms with Crippen LogP contribution in [-0.4, -0.2) is 30.7 Å². The van der Waals surface area contributed by atoms with Crippen molar-refractivity contribution < 1.29 is 4.48 Å². The van der Waals surface area contributed by atoms with Gasteiger partial charge in [-0.25, -0.2) is 0 Å². The molecule has 0 unspecified atom stereocenters. The molecule has 39 heavy (non-hydrogen) atoms. The molecule has 1 nitrogen and oxygen atoms in total. The molecule has 0 atom stereocenters. The number of rotatable bonds is 34. The fourth-order valence-electron chi connectivity index (χ4n) is 6.64. The van der Waals surface area contributed by atoms with Crippen LogP contribution in [-0.2, 0) is 0 Å². The van der Waals surface area contributed by atoms with Gasteiger partial charge in [-0.05, 0) is 51.4 Å². The molecule has 0 radical (unpaired) electrons. The highest BCUT2D eigenvalue weighted by atomic mass is 15.3. The van der Waals surface area contributed by atoms with Gasteiger partial charge >= 0.3 is 0 Å². The van der Waals surface area contributed by atoms with E-state index >= 15 is 0 Å². The monoisotopic (exact) mass is 551 g/mol. The van der Waals surface area contributed by atoms with Crippen molar-refractivity contribution >= 4 is 0 Å². The van der Waals surface area contributed by atoms with E-state index in [0.717, 1.165) is 0 Å². The normalized spacial score (nSPS) is 12.0. The van der Waals surface area contributed by atoms with E-state index in [9.17, 15) is 0 Å². The van der Waals surface area contributed by atoms with Crippen molar-refractivity contribution in [3.8, 4) is 0 Å². The standard InChI is InChI=1S/C38H80N/c1-5-9-13-17-19-21-23-25-29-33-37-39(35-31-27-15-11-7-3,36-32-28-16-12-8-4)38-34-30-26-24-22-20-18-14-10-6-2/h5-38H2,1-4H3/q+1. The van der Waals surface area contributed by atoms with Crippen molar-refractivity contribution in [2.75, 3.05) is 26.2 Å². The zero-order valence-electron chi connectivity index (χ0n) is 28.5. The molecule has 0 saturated carbocycles. The Hall–Kier alpha value is -0.0400. The van der Waals surface area contributed by atoms with Gasteiger partial charge in [-0.15, -0.1) is 0 Å². The largest absolute Gasteiger partial charge is 0.324 e. The first-order chi connectivity index (χ1) is 19.2. The molecule has 0 heterocycles. The summed E-state index contributed by atoms with van der Waals surface area (Å²) in [6.07, 6.45) is 43.7. The Morgan fingerprint density at radius 2 is 0.359 bits per heavy atom. The Balaban J connectivity index is 4.62. The molecule has 0 spiro atoms. The molecule has 0 rings (SSSR count). The van der Waals surface area contributed by atoms with Crippen molar-refractivity contribution in [2.24, 2.45) is 0 Å². The fraction of sp³-hybridized carbons (Fsp3) is 1.00. The summed E-state index contributed by atoms with van der Waals surface area (Å²) in [6.45, 7) is 15.3. The van der Waals surface area contributed by atoms with Gasteiger partial charge < -0.3 is 4.48 Å². The number of quaternary nitrogens is 1. The van der Waals surface area contributed by atoms with Crippen LogP contribution < -0.4 is 0 Å². The summed E-state index contributed by atoms with van der Waals surface area (Å²) in [6, 6.07) is 0. The minimum atomic E-state index is 1.37. The molecule has 0 aliphatic heterocycles. The molecule has 0 aromatic rings. The minimum Gasteiger partial charge on any atom is -0.324 e. The summed E-state index contributed by atoms with van der Waals surface area (Å²) < 4.78 is 1.48. The van der Waals surface area contributed by atoms with Crippen molar-refractivity contribution in [3.63, 3.8) is 0 Å². The third-order valence-electron chi connectivity index (χ3n) is 9.44. The van der Waals surface area contributed by atoms with Gasteiger partial charge in [0, 0.05) is 0 Å². The van der Waals surface area contributed by atoms with Crippen LogP contribution in [0.1, 0.15) is 220 Å². The predicted molar refractivity (Wildman–Crippen MR) is 181 cm³/mol. The van der Waals surface area contributed by atoms with Gasteiger partial charge in [0.1, 0.15) is 0 Å². The molecule has 0 aromatic carbocycles. The van der Waals surface area contributed by atoms with Crippen LogP contribution >= 0.6 is 0 Å². The second-order valence-electron chi connectivity index (χ2n) is 13.4. The van der Waals surface area contributed by atoms with Gasteiger partial charge in [-0.2, -0.15) is 0 Å². The molecule has 0 bridgehead atoms. The van der Waals surface area contributed by atoms with Gasteiger partial charge in [-0.1, -0.05) is 169 Å². The number of hydrogen-bond acceptors (Lipinski definition) is 0. The van der Waals surface area contributed by atoms with Gasteiger partial charge in [0.2, 0.25) is 0 Å². The highest BCUT2D eigenvalue weighted by Crippen LogP contribution is 2.21. The number of unbranched alkanes of at least 4 members (excludes halogenated alkanes) is 26. The molecule has 0 aliphatic rings. The van der Waals surface area contributed by atoms with Crippen LogP contribution in [0.5, 0.6) is 0 Å².